The Morgan fingerprint density at radius 1 is 1.17 bits per heavy atom. The second-order valence-electron chi connectivity index (χ2n) is 8.05. The van der Waals surface area contributed by atoms with Gasteiger partial charge in [-0.05, 0) is 61.7 Å². The number of rotatable bonds is 4. The van der Waals surface area contributed by atoms with Crippen LogP contribution in [0.4, 0.5) is 5.95 Å². The van der Waals surface area contributed by atoms with Gasteiger partial charge in [0.2, 0.25) is 11.8 Å². The number of imidazole rings is 1. The van der Waals surface area contributed by atoms with Crippen LogP contribution in [-0.2, 0) is 4.79 Å². The number of nitrogen functional groups attached to an aromatic ring is 1. The number of carbonyl (C=O) groups is 1. The molecule has 4 heterocycles. The maximum absolute atomic E-state index is 12.2. The topological polar surface area (TPSA) is 122 Å². The minimum atomic E-state index is -0.164. The maximum atomic E-state index is 12.2. The van der Waals surface area contributed by atoms with Crippen molar-refractivity contribution in [2.75, 3.05) is 18.8 Å². The first-order chi connectivity index (χ1) is 17.1. The summed E-state index contributed by atoms with van der Waals surface area (Å²) in [6, 6.07) is 14.6. The molecule has 0 radical (unpaired) electrons. The summed E-state index contributed by atoms with van der Waals surface area (Å²) < 4.78 is 7.62. The van der Waals surface area contributed by atoms with Crippen LogP contribution in [0.2, 0.25) is 0 Å². The van der Waals surface area contributed by atoms with Gasteiger partial charge in [-0.3, -0.25) is 9.20 Å². The molecule has 1 aliphatic rings. The highest BCUT2D eigenvalue weighted by Crippen LogP contribution is 2.34. The highest BCUT2D eigenvalue weighted by molar-refractivity contribution is 5.93. The van der Waals surface area contributed by atoms with Gasteiger partial charge in [-0.1, -0.05) is 5.92 Å². The average molecular weight is 464 g/mol. The fourth-order valence-electron chi connectivity index (χ4n) is 4.27. The molecule has 1 unspecified atom stereocenters. The number of hydrogen-bond donors (Lipinski definition) is 1. The number of nitrogens with zero attached hydrogens (tertiary/aromatic N) is 6. The Bertz CT molecular complexity index is 1520. The minimum Gasteiger partial charge on any atom is -0.438 e. The summed E-state index contributed by atoms with van der Waals surface area (Å²) >= 11 is 0. The fourth-order valence-corrected chi connectivity index (χ4v) is 4.27. The molecule has 1 aromatic carbocycles. The van der Waals surface area contributed by atoms with Crippen LogP contribution >= 0.6 is 0 Å². The zero-order valence-electron chi connectivity index (χ0n) is 19.0. The average Bonchev–Trinajstić information content (AvgIpc) is 3.51. The molecule has 0 aliphatic carbocycles. The zero-order chi connectivity index (χ0) is 24.4. The molecule has 35 heavy (non-hydrogen) atoms. The van der Waals surface area contributed by atoms with Crippen LogP contribution in [0.3, 0.4) is 0 Å². The Labute approximate surface area is 201 Å². The van der Waals surface area contributed by atoms with Crippen LogP contribution in [0.5, 0.6) is 11.6 Å². The summed E-state index contributed by atoms with van der Waals surface area (Å²) in [6.45, 7) is 2.85. The van der Waals surface area contributed by atoms with Gasteiger partial charge in [0.05, 0.1) is 11.2 Å². The normalized spacial score (nSPS) is 14.9. The number of anilines is 1. The Hall–Kier alpha value is -4.89. The summed E-state index contributed by atoms with van der Waals surface area (Å²) in [6.07, 6.45) is 4.03. The van der Waals surface area contributed by atoms with Crippen molar-refractivity contribution in [1.82, 2.24) is 24.3 Å². The molecule has 1 amide bonds. The van der Waals surface area contributed by atoms with Crippen molar-refractivity contribution in [1.29, 1.82) is 5.26 Å². The van der Waals surface area contributed by atoms with Crippen LogP contribution in [-0.4, -0.2) is 43.2 Å². The van der Waals surface area contributed by atoms with E-state index < -0.39 is 0 Å². The van der Waals surface area contributed by atoms with Gasteiger partial charge in [-0.25, -0.2) is 15.0 Å². The van der Waals surface area contributed by atoms with Gasteiger partial charge < -0.3 is 15.4 Å². The molecule has 4 aromatic rings. The minimum absolute atomic E-state index is 0.0688. The van der Waals surface area contributed by atoms with Gasteiger partial charge >= 0.3 is 0 Å². The second-order valence-corrected chi connectivity index (χ2v) is 8.05. The van der Waals surface area contributed by atoms with Gasteiger partial charge in [-0.15, -0.1) is 0 Å². The van der Waals surface area contributed by atoms with Crippen molar-refractivity contribution in [3.63, 3.8) is 0 Å². The summed E-state index contributed by atoms with van der Waals surface area (Å²) in [5.41, 5.74) is 9.17. The number of fused-ring (bicyclic) bond motifs is 1. The summed E-state index contributed by atoms with van der Waals surface area (Å²) in [5.74, 6) is 6.96. The Kier molecular flexibility index (Phi) is 5.74. The number of pyridine rings is 1. The molecular formula is C26H21N7O2. The van der Waals surface area contributed by atoms with E-state index in [0.29, 0.717) is 36.2 Å². The fraction of sp³-hybridized carbons (Fsp3) is 0.192. The molecular weight excluding hydrogens is 442 g/mol. The first kappa shape index (κ1) is 21.9. The van der Waals surface area contributed by atoms with E-state index in [9.17, 15) is 10.1 Å². The maximum Gasteiger partial charge on any atom is 0.298 e. The molecule has 9 heteroatoms. The summed E-state index contributed by atoms with van der Waals surface area (Å²) in [4.78, 5) is 27.3. The van der Waals surface area contributed by atoms with Crippen molar-refractivity contribution in [3.8, 4) is 40.9 Å². The number of nitrogens with two attached hydrogens (primary N) is 1. The lowest BCUT2D eigenvalue weighted by Gasteiger charge is -2.12. The summed E-state index contributed by atoms with van der Waals surface area (Å²) in [7, 11) is 0. The molecule has 1 fully saturated rings. The lowest BCUT2D eigenvalue weighted by atomic mass is 10.0. The highest BCUT2D eigenvalue weighted by atomic mass is 16.5. The van der Waals surface area contributed by atoms with Crippen LogP contribution in [0.1, 0.15) is 30.5 Å². The van der Waals surface area contributed by atoms with E-state index >= 15 is 0 Å². The molecule has 5 rings (SSSR count). The van der Waals surface area contributed by atoms with E-state index in [0.717, 1.165) is 23.2 Å². The Morgan fingerprint density at radius 3 is 2.77 bits per heavy atom. The van der Waals surface area contributed by atoms with E-state index in [4.69, 9.17) is 15.5 Å². The molecule has 1 atom stereocenters. The third kappa shape index (κ3) is 4.11. The largest absolute Gasteiger partial charge is 0.438 e. The molecule has 1 saturated heterocycles. The van der Waals surface area contributed by atoms with Crippen molar-refractivity contribution < 1.29 is 9.53 Å². The third-order valence-corrected chi connectivity index (χ3v) is 5.92. The number of carbonyl (C=O) groups excluding carboxylic acids is 1. The van der Waals surface area contributed by atoms with Gasteiger partial charge in [0.1, 0.15) is 23.2 Å². The number of nitriles is 1. The van der Waals surface area contributed by atoms with E-state index in [2.05, 4.69) is 27.9 Å². The van der Waals surface area contributed by atoms with E-state index in [1.54, 1.807) is 48.5 Å². The predicted octanol–water partition coefficient (Wildman–Crippen LogP) is 3.38. The molecule has 0 bridgehead atoms. The van der Waals surface area contributed by atoms with Gasteiger partial charge in [0.15, 0.2) is 0 Å². The van der Waals surface area contributed by atoms with Crippen molar-refractivity contribution >= 4 is 17.4 Å². The van der Waals surface area contributed by atoms with Gasteiger partial charge in [0, 0.05) is 37.0 Å². The van der Waals surface area contributed by atoms with Crippen LogP contribution in [0, 0.1) is 23.2 Å². The van der Waals surface area contributed by atoms with Crippen LogP contribution in [0.15, 0.2) is 54.9 Å². The van der Waals surface area contributed by atoms with Crippen molar-refractivity contribution in [3.05, 3.63) is 66.1 Å². The lowest BCUT2D eigenvalue weighted by molar-refractivity contribution is -0.124. The van der Waals surface area contributed by atoms with E-state index in [1.807, 2.05) is 22.6 Å². The molecule has 9 nitrogen and oxygen atoms in total. The lowest BCUT2D eigenvalue weighted by Crippen LogP contribution is -2.26. The number of ether oxygens (including phenoxy) is 1. The standard InChI is InChI=1S/C26H21N7O2/c1-2-4-22(34)32-14-11-19(16-32)23-21-10-13-30-26(28)33(21)24(31-23)17-6-8-20(9-7-17)35-25-18(15-27)5-3-12-29-25/h3,5-10,12-13,19H,11,14,16H2,1H3,(H2,28,30). The monoisotopic (exact) mass is 463 g/mol. The van der Waals surface area contributed by atoms with E-state index in [-0.39, 0.29) is 17.7 Å². The number of hydrogen-bond acceptors (Lipinski definition) is 7. The number of aromatic nitrogens is 4. The molecule has 1 aliphatic heterocycles. The molecule has 2 N–H and O–H groups in total. The molecule has 0 spiro atoms. The molecule has 0 saturated carbocycles. The molecule has 3 aromatic heterocycles. The van der Waals surface area contributed by atoms with Crippen LogP contribution in [0.25, 0.3) is 16.9 Å². The Morgan fingerprint density at radius 2 is 2.00 bits per heavy atom. The van der Waals surface area contributed by atoms with Gasteiger partial charge in [0.25, 0.3) is 5.91 Å². The second kappa shape index (κ2) is 9.16. The molecule has 172 valence electrons. The SMILES string of the molecule is CC#CC(=O)N1CCC(c2nc(-c3ccc(Oc4ncccc4C#N)cc3)n3c(N)nccc23)C1. The van der Waals surface area contributed by atoms with E-state index in [1.165, 1.54) is 0 Å². The van der Waals surface area contributed by atoms with Crippen LogP contribution < -0.4 is 10.5 Å². The van der Waals surface area contributed by atoms with Crippen molar-refractivity contribution in [2.45, 2.75) is 19.3 Å². The first-order valence-corrected chi connectivity index (χ1v) is 11.1. The number of amides is 1. The number of benzene rings is 1. The smallest absolute Gasteiger partial charge is 0.298 e. The Balaban J connectivity index is 1.48. The zero-order valence-corrected chi connectivity index (χ0v) is 19.0. The first-order valence-electron chi connectivity index (χ1n) is 11.1. The van der Waals surface area contributed by atoms with Gasteiger partial charge in [-0.2, -0.15) is 5.26 Å². The third-order valence-electron chi connectivity index (χ3n) is 5.92. The number of likely N-dealkylation sites (tertiary alicyclic amines) is 1. The quantitative estimate of drug-likeness (QED) is 0.460. The highest BCUT2D eigenvalue weighted by Gasteiger charge is 2.30. The predicted molar refractivity (Wildman–Crippen MR) is 129 cm³/mol. The van der Waals surface area contributed by atoms with Crippen molar-refractivity contribution in [2.24, 2.45) is 0 Å². The summed E-state index contributed by atoms with van der Waals surface area (Å²) in [5, 5.41) is 9.25.